The first kappa shape index (κ1) is 21.8. The molecule has 1 aromatic carbocycles. The minimum atomic E-state index is -0.949. The first-order chi connectivity index (χ1) is 13.3. The van der Waals surface area contributed by atoms with Crippen LogP contribution in [0.25, 0.3) is 0 Å². The minimum absolute atomic E-state index is 0.0338. The van der Waals surface area contributed by atoms with Crippen LogP contribution in [0.1, 0.15) is 18.2 Å². The average molecular weight is 408 g/mol. The molecule has 0 saturated heterocycles. The monoisotopic (exact) mass is 407 g/mol. The van der Waals surface area contributed by atoms with Crippen LogP contribution in [-0.4, -0.2) is 44.1 Å². The van der Waals surface area contributed by atoms with Gasteiger partial charge in [0.15, 0.2) is 0 Å². The largest absolute Gasteiger partial charge is 0.382 e. The van der Waals surface area contributed by atoms with Gasteiger partial charge in [-0.3, -0.25) is 14.5 Å². The van der Waals surface area contributed by atoms with Crippen LogP contribution in [0.4, 0.5) is 15.9 Å². The number of nitrogens with zero attached hydrogens (tertiary/aromatic N) is 3. The third-order valence-corrected chi connectivity index (χ3v) is 4.64. The van der Waals surface area contributed by atoms with E-state index in [0.29, 0.717) is 17.9 Å². The SMILES string of the molecule is CCc1cc(C)nc(N(C=O)C(COC)C(=O)N(C)c2ccc(F)c(Cl)c2)c1. The highest BCUT2D eigenvalue weighted by Gasteiger charge is 2.30. The Kier molecular flexibility index (Phi) is 7.48. The highest BCUT2D eigenvalue weighted by molar-refractivity contribution is 6.31. The van der Waals surface area contributed by atoms with Gasteiger partial charge in [-0.1, -0.05) is 18.5 Å². The molecule has 0 radical (unpaired) electrons. The Bertz CT molecular complexity index is 863. The molecule has 0 aliphatic rings. The van der Waals surface area contributed by atoms with E-state index in [1.807, 2.05) is 19.9 Å². The van der Waals surface area contributed by atoms with E-state index >= 15 is 0 Å². The zero-order valence-corrected chi connectivity index (χ0v) is 17.0. The molecule has 0 aliphatic carbocycles. The van der Waals surface area contributed by atoms with Gasteiger partial charge in [0, 0.05) is 25.5 Å². The second kappa shape index (κ2) is 9.61. The van der Waals surface area contributed by atoms with Crippen LogP contribution in [0.15, 0.2) is 30.3 Å². The van der Waals surface area contributed by atoms with Crippen LogP contribution in [0.5, 0.6) is 0 Å². The Balaban J connectivity index is 2.40. The Labute approximate surface area is 168 Å². The first-order valence-electron chi connectivity index (χ1n) is 8.75. The van der Waals surface area contributed by atoms with E-state index in [1.54, 1.807) is 6.07 Å². The Morgan fingerprint density at radius 2 is 2.07 bits per heavy atom. The van der Waals surface area contributed by atoms with Crippen LogP contribution >= 0.6 is 11.6 Å². The molecule has 28 heavy (non-hydrogen) atoms. The summed E-state index contributed by atoms with van der Waals surface area (Å²) in [6, 6.07) is 6.71. The molecule has 0 saturated carbocycles. The Morgan fingerprint density at radius 1 is 1.36 bits per heavy atom. The van der Waals surface area contributed by atoms with E-state index < -0.39 is 17.8 Å². The van der Waals surface area contributed by atoms with Crippen molar-refractivity contribution in [1.82, 2.24) is 4.98 Å². The molecule has 8 heteroatoms. The smallest absolute Gasteiger partial charge is 0.252 e. The number of anilines is 2. The van der Waals surface area contributed by atoms with Gasteiger partial charge in [0.25, 0.3) is 5.91 Å². The summed E-state index contributed by atoms with van der Waals surface area (Å²) in [7, 11) is 2.97. The number of amides is 2. The average Bonchev–Trinajstić information content (AvgIpc) is 2.68. The van der Waals surface area contributed by atoms with E-state index in [-0.39, 0.29) is 11.6 Å². The molecule has 150 valence electrons. The summed E-state index contributed by atoms with van der Waals surface area (Å²) in [6.07, 6.45) is 1.33. The number of rotatable bonds is 8. The van der Waals surface area contributed by atoms with Crippen molar-refractivity contribution in [3.8, 4) is 0 Å². The number of methoxy groups -OCH3 is 1. The number of halogens is 2. The van der Waals surface area contributed by atoms with Crippen LogP contribution in [0.2, 0.25) is 5.02 Å². The molecule has 0 spiro atoms. The summed E-state index contributed by atoms with van der Waals surface area (Å²) in [5, 5.41) is -0.0966. The lowest BCUT2D eigenvalue weighted by Gasteiger charge is -2.30. The van der Waals surface area contributed by atoms with Crippen LogP contribution in [-0.2, 0) is 20.7 Å². The molecule has 0 fully saturated rings. The van der Waals surface area contributed by atoms with Gasteiger partial charge in [0.05, 0.1) is 11.6 Å². The van der Waals surface area contributed by atoms with Crippen molar-refractivity contribution in [3.63, 3.8) is 0 Å². The topological polar surface area (TPSA) is 62.7 Å². The minimum Gasteiger partial charge on any atom is -0.382 e. The highest BCUT2D eigenvalue weighted by atomic mass is 35.5. The normalized spacial score (nSPS) is 11.8. The third kappa shape index (κ3) is 4.85. The summed E-state index contributed by atoms with van der Waals surface area (Å²) in [5.74, 6) is -0.629. The second-order valence-corrected chi connectivity index (χ2v) is 6.72. The van der Waals surface area contributed by atoms with Crippen molar-refractivity contribution in [2.24, 2.45) is 0 Å². The van der Waals surface area contributed by atoms with Crippen LogP contribution < -0.4 is 9.80 Å². The Hall–Kier alpha value is -2.51. The number of pyridine rings is 1. The van der Waals surface area contributed by atoms with Crippen molar-refractivity contribution in [3.05, 3.63) is 52.4 Å². The lowest BCUT2D eigenvalue weighted by Crippen LogP contribution is -2.50. The van der Waals surface area contributed by atoms with Gasteiger partial charge < -0.3 is 9.64 Å². The predicted octanol–water partition coefficient (Wildman–Crippen LogP) is 3.39. The first-order valence-corrected chi connectivity index (χ1v) is 9.12. The van der Waals surface area contributed by atoms with Crippen molar-refractivity contribution < 1.29 is 18.7 Å². The molecule has 2 rings (SSSR count). The maximum atomic E-state index is 13.4. The molecule has 0 N–H and O–H groups in total. The highest BCUT2D eigenvalue weighted by Crippen LogP contribution is 2.24. The number of carbonyl (C=O) groups is 2. The van der Waals surface area contributed by atoms with E-state index in [2.05, 4.69) is 4.98 Å². The maximum absolute atomic E-state index is 13.4. The number of hydrogen-bond acceptors (Lipinski definition) is 4. The van der Waals surface area contributed by atoms with Gasteiger partial charge in [0.2, 0.25) is 6.41 Å². The maximum Gasteiger partial charge on any atom is 0.252 e. The van der Waals surface area contributed by atoms with E-state index in [4.69, 9.17) is 16.3 Å². The van der Waals surface area contributed by atoms with Gasteiger partial charge in [-0.25, -0.2) is 9.37 Å². The van der Waals surface area contributed by atoms with Crippen molar-refractivity contribution >= 4 is 35.4 Å². The zero-order chi connectivity index (χ0) is 20.8. The van der Waals surface area contributed by atoms with Gasteiger partial charge in [0.1, 0.15) is 17.7 Å². The van der Waals surface area contributed by atoms with Gasteiger partial charge in [-0.2, -0.15) is 0 Å². The summed E-state index contributed by atoms with van der Waals surface area (Å²) in [6.45, 7) is 3.78. The number of carbonyl (C=O) groups excluding carboxylic acids is 2. The molecular formula is C20H23ClFN3O3. The lowest BCUT2D eigenvalue weighted by atomic mass is 10.1. The molecule has 1 unspecified atom stereocenters. The number of hydrogen-bond donors (Lipinski definition) is 0. The number of ether oxygens (including phenoxy) is 1. The van der Waals surface area contributed by atoms with E-state index in [1.165, 1.54) is 42.2 Å². The third-order valence-electron chi connectivity index (χ3n) is 4.35. The predicted molar refractivity (Wildman–Crippen MR) is 107 cm³/mol. The fourth-order valence-electron chi connectivity index (χ4n) is 2.82. The van der Waals surface area contributed by atoms with Crippen molar-refractivity contribution in [2.75, 3.05) is 30.6 Å². The zero-order valence-electron chi connectivity index (χ0n) is 16.3. The van der Waals surface area contributed by atoms with Gasteiger partial charge in [-0.05, 0) is 49.2 Å². The summed E-state index contributed by atoms with van der Waals surface area (Å²) < 4.78 is 18.6. The molecule has 6 nitrogen and oxygen atoms in total. The number of aryl methyl sites for hydroxylation is 2. The number of benzene rings is 1. The fourth-order valence-corrected chi connectivity index (χ4v) is 2.99. The molecule has 2 aromatic rings. The fraction of sp³-hybridized carbons (Fsp3) is 0.350. The molecule has 2 amide bonds. The van der Waals surface area contributed by atoms with Crippen molar-refractivity contribution in [1.29, 1.82) is 0 Å². The molecule has 1 aromatic heterocycles. The van der Waals surface area contributed by atoms with E-state index in [9.17, 15) is 14.0 Å². The molecule has 0 bridgehead atoms. The van der Waals surface area contributed by atoms with Crippen molar-refractivity contribution in [2.45, 2.75) is 26.3 Å². The number of likely N-dealkylation sites (N-methyl/N-ethyl adjacent to an activating group) is 1. The number of aromatic nitrogens is 1. The van der Waals surface area contributed by atoms with E-state index in [0.717, 1.165) is 17.7 Å². The standard InChI is InChI=1S/C20H23ClFN3O3/c1-5-14-8-13(2)23-19(9-14)25(12-26)18(11-28-4)20(27)24(3)15-6-7-17(22)16(21)10-15/h6-10,12,18H,5,11H2,1-4H3. The summed E-state index contributed by atoms with van der Waals surface area (Å²) in [5.41, 5.74) is 2.13. The quantitative estimate of drug-likeness (QED) is 0.629. The molecule has 1 atom stereocenters. The Morgan fingerprint density at radius 3 is 2.64 bits per heavy atom. The van der Waals surface area contributed by atoms with Gasteiger partial charge >= 0.3 is 0 Å². The van der Waals surface area contributed by atoms with Crippen LogP contribution in [0.3, 0.4) is 0 Å². The molecular weight excluding hydrogens is 385 g/mol. The van der Waals surface area contributed by atoms with Gasteiger partial charge in [-0.15, -0.1) is 0 Å². The summed E-state index contributed by atoms with van der Waals surface area (Å²) in [4.78, 5) is 32.0. The lowest BCUT2D eigenvalue weighted by molar-refractivity contribution is -0.122. The second-order valence-electron chi connectivity index (χ2n) is 6.31. The molecule has 1 heterocycles. The van der Waals surface area contributed by atoms with Crippen LogP contribution in [0, 0.1) is 12.7 Å². The summed E-state index contributed by atoms with van der Waals surface area (Å²) >= 11 is 5.83. The molecule has 0 aliphatic heterocycles.